The smallest absolute Gasteiger partial charge is 0.338 e. The summed E-state index contributed by atoms with van der Waals surface area (Å²) in [6.45, 7) is 7.93. The molecule has 2 aromatic carbocycles. The third-order valence-corrected chi connectivity index (χ3v) is 4.32. The highest BCUT2D eigenvalue weighted by atomic mass is 16.5. The maximum absolute atomic E-state index is 12.5. The van der Waals surface area contributed by atoms with Gasteiger partial charge in [0, 0.05) is 17.3 Å². The van der Waals surface area contributed by atoms with Crippen LogP contribution in [-0.2, 0) is 16.0 Å². The number of methoxy groups -OCH3 is 2. The molecule has 0 heterocycles. The van der Waals surface area contributed by atoms with E-state index in [1.165, 1.54) is 20.3 Å². The monoisotopic (exact) mass is 443 g/mol. The fourth-order valence-corrected chi connectivity index (χ4v) is 3.01. The molecule has 0 saturated carbocycles. The predicted molar refractivity (Wildman–Crippen MR) is 121 cm³/mol. The summed E-state index contributed by atoms with van der Waals surface area (Å²) in [5.74, 6) is 0.861. The Labute approximate surface area is 188 Å². The lowest BCUT2D eigenvalue weighted by atomic mass is 10.1. The van der Waals surface area contributed by atoms with E-state index in [1.54, 1.807) is 30.3 Å². The van der Waals surface area contributed by atoms with Crippen LogP contribution in [0.4, 0.5) is 5.69 Å². The van der Waals surface area contributed by atoms with E-state index in [0.717, 1.165) is 5.56 Å². The minimum absolute atomic E-state index is 0.243. The van der Waals surface area contributed by atoms with E-state index in [0.29, 0.717) is 48.3 Å². The van der Waals surface area contributed by atoms with E-state index in [1.807, 2.05) is 13.8 Å². The van der Waals surface area contributed by atoms with Crippen LogP contribution in [0.25, 0.3) is 0 Å². The van der Waals surface area contributed by atoms with Crippen molar-refractivity contribution in [2.75, 3.05) is 39.4 Å². The lowest BCUT2D eigenvalue weighted by Gasteiger charge is -2.14. The molecule has 0 atom stereocenters. The van der Waals surface area contributed by atoms with Crippen molar-refractivity contribution < 1.29 is 33.3 Å². The van der Waals surface area contributed by atoms with Gasteiger partial charge in [-0.1, -0.05) is 6.08 Å². The molecule has 1 N–H and O–H groups in total. The summed E-state index contributed by atoms with van der Waals surface area (Å²) in [7, 11) is 3.00. The zero-order valence-corrected chi connectivity index (χ0v) is 18.9. The Balaban J connectivity index is 2.07. The van der Waals surface area contributed by atoms with Gasteiger partial charge in [-0.2, -0.15) is 0 Å². The molecule has 0 saturated heterocycles. The number of hydrogen-bond acceptors (Lipinski definition) is 7. The van der Waals surface area contributed by atoms with Gasteiger partial charge >= 0.3 is 5.97 Å². The zero-order valence-electron chi connectivity index (χ0n) is 18.9. The number of rotatable bonds is 12. The lowest BCUT2D eigenvalue weighted by molar-refractivity contribution is -0.119. The number of esters is 1. The number of ether oxygens (including phenoxy) is 5. The average molecular weight is 443 g/mol. The fourth-order valence-electron chi connectivity index (χ4n) is 3.01. The molecule has 0 aliphatic rings. The predicted octanol–water partition coefficient (Wildman–Crippen LogP) is 4.03. The second kappa shape index (κ2) is 12.2. The van der Waals surface area contributed by atoms with Crippen LogP contribution in [-0.4, -0.2) is 45.9 Å². The SMILES string of the molecule is C=CCc1cc(C(=O)OCC(=O)Nc2ccc(OCC)c(OCC)c2)cc(OC)c1OC. The number of carbonyl (C=O) groups excluding carboxylic acids is 2. The van der Waals surface area contributed by atoms with Gasteiger partial charge in [-0.3, -0.25) is 4.79 Å². The second-order valence-corrected chi connectivity index (χ2v) is 6.52. The first kappa shape index (κ1) is 24.6. The highest BCUT2D eigenvalue weighted by Crippen LogP contribution is 2.33. The van der Waals surface area contributed by atoms with Crippen LogP contribution in [0, 0.1) is 0 Å². The van der Waals surface area contributed by atoms with Gasteiger partial charge in [0.15, 0.2) is 29.6 Å². The summed E-state index contributed by atoms with van der Waals surface area (Å²) in [6, 6.07) is 8.19. The van der Waals surface area contributed by atoms with Gasteiger partial charge in [0.05, 0.1) is 33.0 Å². The Morgan fingerprint density at radius 1 is 0.969 bits per heavy atom. The zero-order chi connectivity index (χ0) is 23.5. The van der Waals surface area contributed by atoms with Gasteiger partial charge < -0.3 is 29.0 Å². The molecule has 0 spiro atoms. The maximum Gasteiger partial charge on any atom is 0.338 e. The highest BCUT2D eigenvalue weighted by Gasteiger charge is 2.18. The quantitative estimate of drug-likeness (QED) is 0.391. The van der Waals surface area contributed by atoms with Crippen molar-refractivity contribution in [1.82, 2.24) is 0 Å². The summed E-state index contributed by atoms with van der Waals surface area (Å²) >= 11 is 0. The first-order chi connectivity index (χ1) is 15.5. The van der Waals surface area contributed by atoms with Crippen LogP contribution >= 0.6 is 0 Å². The van der Waals surface area contributed by atoms with Crippen molar-refractivity contribution in [2.45, 2.75) is 20.3 Å². The molecule has 2 rings (SSSR count). The Hall–Kier alpha value is -3.68. The molecule has 0 aliphatic carbocycles. The molecule has 172 valence electrons. The molecule has 0 fully saturated rings. The number of benzene rings is 2. The first-order valence-electron chi connectivity index (χ1n) is 10.2. The van der Waals surface area contributed by atoms with Gasteiger partial charge in [-0.05, 0) is 44.5 Å². The van der Waals surface area contributed by atoms with Crippen LogP contribution in [0.15, 0.2) is 43.0 Å². The fraction of sp³-hybridized carbons (Fsp3) is 0.333. The molecule has 0 radical (unpaired) electrons. The van der Waals surface area contributed by atoms with Gasteiger partial charge in [-0.15, -0.1) is 6.58 Å². The van der Waals surface area contributed by atoms with E-state index in [-0.39, 0.29) is 5.56 Å². The van der Waals surface area contributed by atoms with Crippen molar-refractivity contribution in [1.29, 1.82) is 0 Å². The van der Waals surface area contributed by atoms with E-state index in [4.69, 9.17) is 23.7 Å². The third kappa shape index (κ3) is 6.41. The van der Waals surface area contributed by atoms with Crippen LogP contribution in [0.2, 0.25) is 0 Å². The van der Waals surface area contributed by atoms with Crippen molar-refractivity contribution >= 4 is 17.6 Å². The summed E-state index contributed by atoms with van der Waals surface area (Å²) in [5.41, 5.74) is 1.46. The Bertz CT molecular complexity index is 956. The molecule has 2 aromatic rings. The van der Waals surface area contributed by atoms with E-state index < -0.39 is 18.5 Å². The largest absolute Gasteiger partial charge is 0.493 e. The standard InChI is InChI=1S/C24H29NO7/c1-6-9-16-12-17(13-21(28-4)23(16)29-5)24(27)32-15-22(26)25-18-10-11-19(30-7-2)20(14-18)31-8-3/h6,10-14H,1,7-9,15H2,2-5H3,(H,25,26). The highest BCUT2D eigenvalue weighted by molar-refractivity contribution is 5.96. The minimum Gasteiger partial charge on any atom is -0.493 e. The Morgan fingerprint density at radius 3 is 2.31 bits per heavy atom. The van der Waals surface area contributed by atoms with Crippen LogP contribution in [0.3, 0.4) is 0 Å². The molecular formula is C24H29NO7. The van der Waals surface area contributed by atoms with Crippen molar-refractivity contribution in [3.8, 4) is 23.0 Å². The number of carbonyl (C=O) groups is 2. The van der Waals surface area contributed by atoms with E-state index in [9.17, 15) is 9.59 Å². The normalized spacial score (nSPS) is 10.1. The summed E-state index contributed by atoms with van der Waals surface area (Å²) < 4.78 is 26.9. The van der Waals surface area contributed by atoms with Crippen molar-refractivity contribution in [3.63, 3.8) is 0 Å². The van der Waals surface area contributed by atoms with Crippen molar-refractivity contribution in [3.05, 3.63) is 54.1 Å². The van der Waals surface area contributed by atoms with E-state index in [2.05, 4.69) is 11.9 Å². The Kier molecular flexibility index (Phi) is 9.41. The molecule has 8 nitrogen and oxygen atoms in total. The van der Waals surface area contributed by atoms with Crippen LogP contribution in [0.1, 0.15) is 29.8 Å². The Morgan fingerprint density at radius 2 is 1.69 bits per heavy atom. The molecular weight excluding hydrogens is 414 g/mol. The molecule has 0 aromatic heterocycles. The maximum atomic E-state index is 12.5. The third-order valence-electron chi connectivity index (χ3n) is 4.32. The average Bonchev–Trinajstić information content (AvgIpc) is 2.79. The van der Waals surface area contributed by atoms with E-state index >= 15 is 0 Å². The molecule has 0 unspecified atom stereocenters. The molecule has 8 heteroatoms. The number of nitrogens with one attached hydrogen (secondary N) is 1. The number of amides is 1. The molecule has 0 aliphatic heterocycles. The van der Waals surface area contributed by atoms with Crippen LogP contribution < -0.4 is 24.3 Å². The summed E-state index contributed by atoms with van der Waals surface area (Å²) in [6.07, 6.45) is 2.16. The van der Waals surface area contributed by atoms with Crippen LogP contribution in [0.5, 0.6) is 23.0 Å². The molecule has 32 heavy (non-hydrogen) atoms. The minimum atomic E-state index is -0.659. The van der Waals surface area contributed by atoms with Gasteiger partial charge in [-0.25, -0.2) is 4.79 Å². The van der Waals surface area contributed by atoms with Gasteiger partial charge in [0.25, 0.3) is 5.91 Å². The number of anilines is 1. The molecule has 0 bridgehead atoms. The first-order valence-corrected chi connectivity index (χ1v) is 10.2. The lowest BCUT2D eigenvalue weighted by Crippen LogP contribution is -2.21. The summed E-state index contributed by atoms with van der Waals surface area (Å²) in [5, 5.41) is 2.68. The molecule has 1 amide bonds. The van der Waals surface area contributed by atoms with Gasteiger partial charge in [0.2, 0.25) is 0 Å². The number of hydrogen-bond donors (Lipinski definition) is 1. The topological polar surface area (TPSA) is 92.3 Å². The summed E-state index contributed by atoms with van der Waals surface area (Å²) in [4.78, 5) is 24.8. The van der Waals surface area contributed by atoms with Gasteiger partial charge in [0.1, 0.15) is 0 Å². The number of allylic oxidation sites excluding steroid dienone is 1. The second-order valence-electron chi connectivity index (χ2n) is 6.52. The van der Waals surface area contributed by atoms with Crippen molar-refractivity contribution in [2.24, 2.45) is 0 Å².